The van der Waals surface area contributed by atoms with Crippen molar-refractivity contribution in [3.8, 4) is 0 Å². The lowest BCUT2D eigenvalue weighted by Gasteiger charge is -2.18. The number of rotatable bonds is 3. The molecule has 2 aromatic rings. The van der Waals surface area contributed by atoms with E-state index in [2.05, 4.69) is 31.0 Å². The molecule has 1 saturated carbocycles. The van der Waals surface area contributed by atoms with E-state index >= 15 is 0 Å². The van der Waals surface area contributed by atoms with E-state index in [1.807, 2.05) is 0 Å². The standard InChI is InChI=1S/C10H15N3OS.C4H5N3OS.2H2/c1-7(14)11-10-13-12-9(15-10)8-5-3-2-4-6-8;1-3(8)6-4-7-5-2-9-4;;/h8H,2-6H2,1H3,(H,11,13,14);2H,1H3,(H,6,7,8);2*1H. The first-order valence-corrected chi connectivity index (χ1v) is 9.39. The fourth-order valence-electron chi connectivity index (χ4n) is 2.33. The van der Waals surface area contributed by atoms with Crippen molar-refractivity contribution >= 4 is 44.8 Å². The average molecular weight is 373 g/mol. The predicted molar refractivity (Wildman–Crippen MR) is 98.5 cm³/mol. The molecule has 2 heterocycles. The largest absolute Gasteiger partial charge is 0.301 e. The summed E-state index contributed by atoms with van der Waals surface area (Å²) in [4.78, 5) is 21.2. The van der Waals surface area contributed by atoms with Gasteiger partial charge in [0.2, 0.25) is 22.1 Å². The molecule has 1 fully saturated rings. The number of aromatic nitrogens is 4. The van der Waals surface area contributed by atoms with Crippen LogP contribution in [0.25, 0.3) is 0 Å². The summed E-state index contributed by atoms with van der Waals surface area (Å²) in [6.07, 6.45) is 6.36. The molecule has 2 amide bonds. The Labute approximate surface area is 151 Å². The van der Waals surface area contributed by atoms with Crippen molar-refractivity contribution < 1.29 is 12.4 Å². The minimum absolute atomic E-state index is 0. The second-order valence-corrected chi connectivity index (χ2v) is 7.23. The number of hydrogen-bond donors (Lipinski definition) is 2. The summed E-state index contributed by atoms with van der Waals surface area (Å²) in [7, 11) is 0. The number of carbonyl (C=O) groups excluding carboxylic acids is 2. The number of amides is 2. The van der Waals surface area contributed by atoms with Crippen molar-refractivity contribution in [2.45, 2.75) is 51.9 Å². The maximum Gasteiger partial charge on any atom is 0.223 e. The van der Waals surface area contributed by atoms with E-state index in [9.17, 15) is 9.59 Å². The quantitative estimate of drug-likeness (QED) is 0.853. The van der Waals surface area contributed by atoms with E-state index in [4.69, 9.17) is 0 Å². The molecular formula is C14H24N6O2S2. The third-order valence-electron chi connectivity index (χ3n) is 3.32. The van der Waals surface area contributed by atoms with Crippen LogP contribution >= 0.6 is 22.7 Å². The molecular weight excluding hydrogens is 348 g/mol. The van der Waals surface area contributed by atoms with Gasteiger partial charge in [-0.15, -0.1) is 20.4 Å². The van der Waals surface area contributed by atoms with Crippen LogP contribution in [-0.4, -0.2) is 32.2 Å². The fourth-order valence-corrected chi connectivity index (χ4v) is 3.78. The molecule has 0 unspecified atom stereocenters. The molecule has 0 saturated heterocycles. The van der Waals surface area contributed by atoms with Gasteiger partial charge in [0, 0.05) is 22.6 Å². The van der Waals surface area contributed by atoms with Gasteiger partial charge >= 0.3 is 0 Å². The summed E-state index contributed by atoms with van der Waals surface area (Å²) in [5.41, 5.74) is 1.56. The first kappa shape index (κ1) is 18.4. The molecule has 10 heteroatoms. The third kappa shape index (κ3) is 6.28. The highest BCUT2D eigenvalue weighted by Gasteiger charge is 2.19. The minimum atomic E-state index is -0.119. The molecule has 0 bridgehead atoms. The minimum Gasteiger partial charge on any atom is -0.301 e. The van der Waals surface area contributed by atoms with Crippen LogP contribution in [0.1, 0.15) is 59.7 Å². The first-order chi connectivity index (χ1) is 11.5. The number of anilines is 2. The van der Waals surface area contributed by atoms with E-state index in [0.717, 1.165) is 5.01 Å². The molecule has 3 rings (SSSR count). The zero-order chi connectivity index (χ0) is 17.4. The van der Waals surface area contributed by atoms with Crippen molar-refractivity contribution in [2.75, 3.05) is 10.6 Å². The second-order valence-electron chi connectivity index (χ2n) is 5.39. The molecule has 1 aliphatic rings. The molecule has 1 aliphatic carbocycles. The summed E-state index contributed by atoms with van der Waals surface area (Å²) in [5.74, 6) is 0.367. The van der Waals surface area contributed by atoms with Crippen molar-refractivity contribution in [3.05, 3.63) is 10.5 Å². The zero-order valence-electron chi connectivity index (χ0n) is 13.6. The van der Waals surface area contributed by atoms with Crippen molar-refractivity contribution in [1.82, 2.24) is 20.4 Å². The summed E-state index contributed by atoms with van der Waals surface area (Å²) in [5, 5.41) is 22.7. The Hall–Kier alpha value is -1.94. The Balaban J connectivity index is 0.000000496. The Bertz CT molecular complexity index is 662. The van der Waals surface area contributed by atoms with E-state index in [1.165, 1.54) is 68.6 Å². The lowest BCUT2D eigenvalue weighted by atomic mass is 9.90. The fraction of sp³-hybridized carbons (Fsp3) is 0.571. The van der Waals surface area contributed by atoms with Gasteiger partial charge in [0.1, 0.15) is 10.5 Å². The van der Waals surface area contributed by atoms with Gasteiger partial charge in [-0.3, -0.25) is 9.59 Å². The number of hydrogen-bond acceptors (Lipinski definition) is 8. The van der Waals surface area contributed by atoms with Crippen LogP contribution in [0.3, 0.4) is 0 Å². The number of carbonyl (C=O) groups is 2. The Morgan fingerprint density at radius 2 is 1.71 bits per heavy atom. The van der Waals surface area contributed by atoms with Gasteiger partial charge in [-0.2, -0.15) is 0 Å². The van der Waals surface area contributed by atoms with Crippen LogP contribution in [0.15, 0.2) is 5.51 Å². The van der Waals surface area contributed by atoms with Crippen molar-refractivity contribution in [2.24, 2.45) is 0 Å². The molecule has 8 nitrogen and oxygen atoms in total. The molecule has 2 aromatic heterocycles. The molecule has 0 atom stereocenters. The SMILES string of the molecule is CC(=O)Nc1nnc(C2CCCCC2)s1.CC(=O)Nc1nncs1.[HH].[HH]. The van der Waals surface area contributed by atoms with Gasteiger partial charge in [-0.05, 0) is 12.8 Å². The molecule has 134 valence electrons. The Morgan fingerprint density at radius 3 is 2.29 bits per heavy atom. The summed E-state index contributed by atoms with van der Waals surface area (Å²) in [6, 6.07) is 0. The monoisotopic (exact) mass is 372 g/mol. The maximum atomic E-state index is 10.8. The molecule has 24 heavy (non-hydrogen) atoms. The summed E-state index contributed by atoms with van der Waals surface area (Å²) in [6.45, 7) is 2.92. The van der Waals surface area contributed by atoms with Gasteiger partial charge < -0.3 is 10.6 Å². The number of nitrogens with zero attached hydrogens (tertiary/aromatic N) is 4. The van der Waals surface area contributed by atoms with Crippen molar-refractivity contribution in [3.63, 3.8) is 0 Å². The number of nitrogens with one attached hydrogen (secondary N) is 2. The first-order valence-electron chi connectivity index (χ1n) is 7.69. The molecule has 0 radical (unpaired) electrons. The topological polar surface area (TPSA) is 110 Å². The van der Waals surface area contributed by atoms with E-state index in [0.29, 0.717) is 16.2 Å². The second kappa shape index (κ2) is 9.38. The molecule has 2 N–H and O–H groups in total. The molecule has 0 aromatic carbocycles. The van der Waals surface area contributed by atoms with Crippen LogP contribution in [0.5, 0.6) is 0 Å². The van der Waals surface area contributed by atoms with Crippen LogP contribution in [-0.2, 0) is 9.59 Å². The lowest BCUT2D eigenvalue weighted by molar-refractivity contribution is -0.115. The average Bonchev–Trinajstić information content (AvgIpc) is 3.20. The van der Waals surface area contributed by atoms with E-state index in [1.54, 1.807) is 5.51 Å². The third-order valence-corrected chi connectivity index (χ3v) is 4.93. The smallest absolute Gasteiger partial charge is 0.223 e. The van der Waals surface area contributed by atoms with Gasteiger partial charge in [-0.25, -0.2) is 0 Å². The predicted octanol–water partition coefficient (Wildman–Crippen LogP) is 3.53. The van der Waals surface area contributed by atoms with Crippen LogP contribution < -0.4 is 10.6 Å². The Kier molecular flexibility index (Phi) is 7.19. The van der Waals surface area contributed by atoms with Gasteiger partial charge in [0.15, 0.2) is 0 Å². The van der Waals surface area contributed by atoms with Crippen LogP contribution in [0.2, 0.25) is 0 Å². The summed E-state index contributed by atoms with van der Waals surface area (Å²) < 4.78 is 0. The van der Waals surface area contributed by atoms with E-state index in [-0.39, 0.29) is 14.7 Å². The van der Waals surface area contributed by atoms with E-state index < -0.39 is 0 Å². The molecule has 0 aliphatic heterocycles. The van der Waals surface area contributed by atoms with Crippen LogP contribution in [0.4, 0.5) is 10.3 Å². The highest BCUT2D eigenvalue weighted by Crippen LogP contribution is 2.34. The van der Waals surface area contributed by atoms with Gasteiger partial charge in [0.25, 0.3) is 0 Å². The normalized spacial score (nSPS) is 14.4. The van der Waals surface area contributed by atoms with Gasteiger partial charge in [-0.1, -0.05) is 41.9 Å². The zero-order valence-corrected chi connectivity index (χ0v) is 15.2. The van der Waals surface area contributed by atoms with Crippen LogP contribution in [0, 0.1) is 0 Å². The maximum absolute atomic E-state index is 10.8. The lowest BCUT2D eigenvalue weighted by Crippen LogP contribution is -2.04. The summed E-state index contributed by atoms with van der Waals surface area (Å²) >= 11 is 2.81. The van der Waals surface area contributed by atoms with Gasteiger partial charge in [0.05, 0.1) is 0 Å². The van der Waals surface area contributed by atoms with Crippen molar-refractivity contribution in [1.29, 1.82) is 0 Å². The Morgan fingerprint density at radius 1 is 1.04 bits per heavy atom. The highest BCUT2D eigenvalue weighted by molar-refractivity contribution is 7.15. The molecule has 0 spiro atoms. The highest BCUT2D eigenvalue weighted by atomic mass is 32.1.